The molecule has 23 heavy (non-hydrogen) atoms. The number of aliphatic hydroxyl groups is 9. The van der Waals surface area contributed by atoms with E-state index in [1.54, 1.807) is 0 Å². The maximum absolute atomic E-state index is 10.8. The van der Waals surface area contributed by atoms with Gasteiger partial charge in [0.25, 0.3) is 0 Å². The number of rotatable bonds is 3. The van der Waals surface area contributed by atoms with Gasteiger partial charge in [0.1, 0.15) is 36.6 Å². The molecule has 2 aliphatic heterocycles. The van der Waals surface area contributed by atoms with Crippen LogP contribution in [0.3, 0.4) is 0 Å². The Morgan fingerprint density at radius 2 is 1.48 bits per heavy atom. The average molecular weight is 342 g/mol. The van der Waals surface area contributed by atoms with Gasteiger partial charge in [-0.05, 0) is 0 Å². The number of hydrogen-bond donors (Lipinski definition) is 9. The monoisotopic (exact) mass is 342 g/mol. The van der Waals surface area contributed by atoms with Crippen LogP contribution in [0, 0.1) is 0 Å². The van der Waals surface area contributed by atoms with Gasteiger partial charge in [-0.15, -0.1) is 0 Å². The molecule has 0 aromatic carbocycles. The number of aliphatic hydroxyl groups excluding tert-OH is 7. The van der Waals surface area contributed by atoms with Crippen LogP contribution in [0.1, 0.15) is 0 Å². The summed E-state index contributed by atoms with van der Waals surface area (Å²) in [7, 11) is 0. The van der Waals surface area contributed by atoms with E-state index in [1.165, 1.54) is 0 Å². The fourth-order valence-electron chi connectivity index (χ4n) is 3.15. The molecule has 2 heterocycles. The first kappa shape index (κ1) is 18.9. The quantitative estimate of drug-likeness (QED) is 0.236. The fourth-order valence-corrected chi connectivity index (χ4v) is 3.15. The SMILES string of the molecule is OC[C@H]1O[C@H](O)[C@](O)([C@@]2(O)[C@H](O)[C@H](O)CO[C@@H]2CO)[C@@H](O)[C@@H]1O. The molecule has 0 spiro atoms. The Bertz CT molecular complexity index is 418. The molecule has 0 unspecified atom stereocenters. The van der Waals surface area contributed by atoms with E-state index in [1.807, 2.05) is 0 Å². The smallest absolute Gasteiger partial charge is 0.190 e. The standard InChI is InChI=1S/C12H22O11/c13-1-5-7(16)9(18)12(21,10(19)23-5)11(20)6(2-14)22-3-4(15)8(11)17/h4-10,13-21H,1-3H2/t4-,5-,6-,7-,8-,9+,10+,11+,12+/m1/s1. The lowest BCUT2D eigenvalue weighted by molar-refractivity contribution is -0.407. The zero-order valence-electron chi connectivity index (χ0n) is 12.0. The van der Waals surface area contributed by atoms with Crippen LogP contribution in [-0.2, 0) is 9.47 Å². The summed E-state index contributed by atoms with van der Waals surface area (Å²) in [5, 5.41) is 89.6. The molecule has 2 aliphatic rings. The van der Waals surface area contributed by atoms with Crippen LogP contribution >= 0.6 is 0 Å². The summed E-state index contributed by atoms with van der Waals surface area (Å²) in [6.07, 6.45) is -13.7. The third-order valence-electron chi connectivity index (χ3n) is 4.60. The van der Waals surface area contributed by atoms with Crippen molar-refractivity contribution < 1.29 is 55.4 Å². The van der Waals surface area contributed by atoms with Gasteiger partial charge in [0.2, 0.25) is 0 Å². The molecule has 11 nitrogen and oxygen atoms in total. The average Bonchev–Trinajstić information content (AvgIpc) is 2.54. The molecule has 9 N–H and O–H groups in total. The summed E-state index contributed by atoms with van der Waals surface area (Å²) in [5.74, 6) is 0. The molecule has 11 heteroatoms. The third kappa shape index (κ3) is 2.49. The number of ether oxygens (including phenoxy) is 2. The molecule has 0 radical (unpaired) electrons. The van der Waals surface area contributed by atoms with Crippen molar-refractivity contribution in [3.05, 3.63) is 0 Å². The summed E-state index contributed by atoms with van der Waals surface area (Å²) in [5.41, 5.74) is -6.12. The summed E-state index contributed by atoms with van der Waals surface area (Å²) < 4.78 is 9.73. The molecular formula is C12H22O11. The second-order valence-electron chi connectivity index (χ2n) is 5.81. The van der Waals surface area contributed by atoms with E-state index in [4.69, 9.17) is 14.6 Å². The molecule has 0 aromatic heterocycles. The summed E-state index contributed by atoms with van der Waals surface area (Å²) >= 11 is 0. The van der Waals surface area contributed by atoms with Crippen LogP contribution in [0.2, 0.25) is 0 Å². The summed E-state index contributed by atoms with van der Waals surface area (Å²) in [6.45, 7) is -2.24. The second-order valence-corrected chi connectivity index (χ2v) is 5.81. The Kier molecular flexibility index (Phi) is 5.31. The highest BCUT2D eigenvalue weighted by Crippen LogP contribution is 2.44. The molecule has 0 aliphatic carbocycles. The first-order valence-corrected chi connectivity index (χ1v) is 7.00. The minimum absolute atomic E-state index is 0.486. The van der Waals surface area contributed by atoms with E-state index in [9.17, 15) is 40.9 Å². The zero-order valence-corrected chi connectivity index (χ0v) is 12.0. The first-order valence-electron chi connectivity index (χ1n) is 7.00. The summed E-state index contributed by atoms with van der Waals surface area (Å²) in [4.78, 5) is 0. The van der Waals surface area contributed by atoms with Crippen molar-refractivity contribution in [2.24, 2.45) is 0 Å². The Balaban J connectivity index is 2.49. The molecule has 0 saturated carbocycles. The Hall–Kier alpha value is -0.440. The lowest BCUT2D eigenvalue weighted by Crippen LogP contribution is -2.84. The van der Waals surface area contributed by atoms with Crippen molar-refractivity contribution in [2.75, 3.05) is 19.8 Å². The van der Waals surface area contributed by atoms with Crippen molar-refractivity contribution in [3.63, 3.8) is 0 Å². The normalized spacial score (nSPS) is 54.9. The van der Waals surface area contributed by atoms with Crippen LogP contribution in [0.5, 0.6) is 0 Å². The largest absolute Gasteiger partial charge is 0.394 e. The first-order chi connectivity index (χ1) is 10.7. The second kappa shape index (κ2) is 6.46. The highest BCUT2D eigenvalue weighted by Gasteiger charge is 2.72. The van der Waals surface area contributed by atoms with Gasteiger partial charge in [0.05, 0.1) is 19.8 Å². The minimum atomic E-state index is -3.13. The van der Waals surface area contributed by atoms with Crippen LogP contribution in [0.25, 0.3) is 0 Å². The van der Waals surface area contributed by atoms with E-state index in [2.05, 4.69) is 0 Å². The Morgan fingerprint density at radius 1 is 0.870 bits per heavy atom. The zero-order chi connectivity index (χ0) is 17.6. The highest BCUT2D eigenvalue weighted by molar-refractivity contribution is 5.19. The van der Waals surface area contributed by atoms with Gasteiger partial charge in [0.15, 0.2) is 17.5 Å². The topological polar surface area (TPSA) is 201 Å². The predicted molar refractivity (Wildman–Crippen MR) is 68.7 cm³/mol. The van der Waals surface area contributed by atoms with Gasteiger partial charge >= 0.3 is 0 Å². The molecule has 2 rings (SSSR count). The predicted octanol–water partition coefficient (Wildman–Crippen LogP) is -6.01. The van der Waals surface area contributed by atoms with Crippen molar-refractivity contribution in [1.29, 1.82) is 0 Å². The molecule has 2 fully saturated rings. The van der Waals surface area contributed by atoms with Crippen molar-refractivity contribution >= 4 is 0 Å². The fraction of sp³-hybridized carbons (Fsp3) is 1.00. The van der Waals surface area contributed by atoms with Crippen molar-refractivity contribution in [3.8, 4) is 0 Å². The van der Waals surface area contributed by atoms with Gasteiger partial charge in [0, 0.05) is 0 Å². The van der Waals surface area contributed by atoms with E-state index in [0.717, 1.165) is 0 Å². The van der Waals surface area contributed by atoms with E-state index >= 15 is 0 Å². The van der Waals surface area contributed by atoms with Gasteiger partial charge in [-0.2, -0.15) is 0 Å². The van der Waals surface area contributed by atoms with Crippen LogP contribution in [0.15, 0.2) is 0 Å². The van der Waals surface area contributed by atoms with Crippen LogP contribution in [0.4, 0.5) is 0 Å². The Morgan fingerprint density at radius 3 is 2.00 bits per heavy atom. The van der Waals surface area contributed by atoms with Crippen LogP contribution < -0.4 is 0 Å². The lowest BCUT2D eigenvalue weighted by Gasteiger charge is -2.58. The number of hydrogen-bond acceptors (Lipinski definition) is 11. The molecular weight excluding hydrogens is 320 g/mol. The molecule has 9 atom stereocenters. The van der Waals surface area contributed by atoms with E-state index in [-0.39, 0.29) is 0 Å². The van der Waals surface area contributed by atoms with E-state index < -0.39 is 73.9 Å². The lowest BCUT2D eigenvalue weighted by atomic mass is 9.66. The molecule has 0 aromatic rings. The Labute approximate surface area is 130 Å². The van der Waals surface area contributed by atoms with Crippen molar-refractivity contribution in [2.45, 2.75) is 54.1 Å². The van der Waals surface area contributed by atoms with Gasteiger partial charge in [-0.25, -0.2) is 0 Å². The minimum Gasteiger partial charge on any atom is -0.394 e. The maximum Gasteiger partial charge on any atom is 0.190 e. The van der Waals surface area contributed by atoms with Gasteiger partial charge < -0.3 is 55.4 Å². The van der Waals surface area contributed by atoms with E-state index in [0.29, 0.717) is 0 Å². The highest BCUT2D eigenvalue weighted by atomic mass is 16.7. The van der Waals surface area contributed by atoms with Crippen molar-refractivity contribution in [1.82, 2.24) is 0 Å². The summed E-state index contributed by atoms with van der Waals surface area (Å²) in [6, 6.07) is 0. The van der Waals surface area contributed by atoms with Gasteiger partial charge in [-0.1, -0.05) is 0 Å². The van der Waals surface area contributed by atoms with Crippen LogP contribution in [-0.4, -0.2) is 120 Å². The maximum atomic E-state index is 10.8. The molecule has 0 amide bonds. The third-order valence-corrected chi connectivity index (χ3v) is 4.60. The van der Waals surface area contributed by atoms with Gasteiger partial charge in [-0.3, -0.25) is 0 Å². The molecule has 2 saturated heterocycles. The molecule has 0 bridgehead atoms. The molecule has 136 valence electrons.